The minimum atomic E-state index is 0.844. The first-order valence-electron chi connectivity index (χ1n) is 4.34. The Labute approximate surface area is 92.9 Å². The zero-order valence-corrected chi connectivity index (χ0v) is 9.93. The molecule has 0 saturated heterocycles. The average molecular weight is 253 g/mol. The third-order valence-electron chi connectivity index (χ3n) is 1.80. The molecular weight excluding hydrogens is 240 g/mol. The SMILES string of the molecule is C=C(C=CC)c1cc(Br)cnc1NC. The number of aromatic nitrogens is 1. The van der Waals surface area contributed by atoms with Crippen molar-refractivity contribution in [2.75, 3.05) is 12.4 Å². The molecule has 0 unspecified atom stereocenters. The third kappa shape index (κ3) is 2.45. The van der Waals surface area contributed by atoms with E-state index in [0.29, 0.717) is 0 Å². The van der Waals surface area contributed by atoms with Crippen LogP contribution in [0.1, 0.15) is 12.5 Å². The minimum absolute atomic E-state index is 0.844. The van der Waals surface area contributed by atoms with Crippen molar-refractivity contribution in [2.45, 2.75) is 6.92 Å². The molecule has 0 aliphatic carbocycles. The topological polar surface area (TPSA) is 24.9 Å². The Morgan fingerprint density at radius 1 is 1.64 bits per heavy atom. The molecule has 1 N–H and O–H groups in total. The monoisotopic (exact) mass is 252 g/mol. The summed E-state index contributed by atoms with van der Waals surface area (Å²) in [5, 5.41) is 3.04. The van der Waals surface area contributed by atoms with Gasteiger partial charge in [-0.2, -0.15) is 0 Å². The lowest BCUT2D eigenvalue weighted by molar-refractivity contribution is 1.26. The van der Waals surface area contributed by atoms with Gasteiger partial charge >= 0.3 is 0 Å². The Balaban J connectivity index is 3.16. The molecule has 0 bridgehead atoms. The fraction of sp³-hybridized carbons (Fsp3) is 0.182. The Kier molecular flexibility index (Phi) is 3.89. The first-order chi connectivity index (χ1) is 6.69. The predicted octanol–water partition coefficient (Wildman–Crippen LogP) is 3.48. The second-order valence-electron chi connectivity index (χ2n) is 2.82. The lowest BCUT2D eigenvalue weighted by Gasteiger charge is -2.08. The molecule has 1 heterocycles. The van der Waals surface area contributed by atoms with E-state index >= 15 is 0 Å². The van der Waals surface area contributed by atoms with Crippen LogP contribution in [0.5, 0.6) is 0 Å². The maximum absolute atomic E-state index is 4.25. The molecule has 0 spiro atoms. The molecule has 0 atom stereocenters. The van der Waals surface area contributed by atoms with Gasteiger partial charge in [0.1, 0.15) is 5.82 Å². The molecule has 1 aromatic heterocycles. The molecule has 1 aromatic rings. The highest BCUT2D eigenvalue weighted by atomic mass is 79.9. The van der Waals surface area contributed by atoms with Crippen LogP contribution >= 0.6 is 15.9 Å². The number of pyridine rings is 1. The van der Waals surface area contributed by atoms with Crippen molar-refractivity contribution in [1.29, 1.82) is 0 Å². The molecule has 0 radical (unpaired) electrons. The fourth-order valence-corrected chi connectivity index (χ4v) is 1.51. The van der Waals surface area contributed by atoms with E-state index in [2.05, 4.69) is 32.8 Å². The largest absolute Gasteiger partial charge is 0.373 e. The van der Waals surface area contributed by atoms with Gasteiger partial charge < -0.3 is 5.32 Å². The average Bonchev–Trinajstić information content (AvgIpc) is 2.18. The summed E-state index contributed by atoms with van der Waals surface area (Å²) in [6.07, 6.45) is 5.69. The van der Waals surface area contributed by atoms with Gasteiger partial charge in [-0.3, -0.25) is 0 Å². The van der Waals surface area contributed by atoms with Crippen LogP contribution in [0.3, 0.4) is 0 Å². The smallest absolute Gasteiger partial charge is 0.133 e. The number of rotatable bonds is 3. The van der Waals surface area contributed by atoms with Crippen LogP contribution in [-0.4, -0.2) is 12.0 Å². The van der Waals surface area contributed by atoms with Crippen LogP contribution in [0.2, 0.25) is 0 Å². The van der Waals surface area contributed by atoms with Gasteiger partial charge in [-0.1, -0.05) is 18.7 Å². The molecule has 3 heteroatoms. The summed E-state index contributed by atoms with van der Waals surface area (Å²) in [6, 6.07) is 2.00. The van der Waals surface area contributed by atoms with Crippen LogP contribution in [0.25, 0.3) is 5.57 Å². The quantitative estimate of drug-likeness (QED) is 0.834. The van der Waals surface area contributed by atoms with Gasteiger partial charge in [0.2, 0.25) is 0 Å². The lowest BCUT2D eigenvalue weighted by atomic mass is 10.1. The Bertz CT molecular complexity index is 370. The van der Waals surface area contributed by atoms with Gasteiger partial charge in [0.15, 0.2) is 0 Å². The molecule has 0 aromatic carbocycles. The molecule has 0 saturated carbocycles. The van der Waals surface area contributed by atoms with Crippen molar-refractivity contribution in [1.82, 2.24) is 4.98 Å². The van der Waals surface area contributed by atoms with Crippen molar-refractivity contribution in [3.63, 3.8) is 0 Å². The summed E-state index contributed by atoms with van der Waals surface area (Å²) in [7, 11) is 1.85. The van der Waals surface area contributed by atoms with Gasteiger partial charge in [-0.05, 0) is 34.5 Å². The van der Waals surface area contributed by atoms with Crippen LogP contribution in [0.15, 0.2) is 35.5 Å². The van der Waals surface area contributed by atoms with Crippen molar-refractivity contribution in [3.8, 4) is 0 Å². The number of halogens is 1. The zero-order valence-electron chi connectivity index (χ0n) is 8.34. The van der Waals surface area contributed by atoms with Crippen molar-refractivity contribution < 1.29 is 0 Å². The molecule has 74 valence electrons. The van der Waals surface area contributed by atoms with Gasteiger partial charge in [-0.15, -0.1) is 0 Å². The van der Waals surface area contributed by atoms with E-state index in [1.54, 1.807) is 6.20 Å². The normalized spacial score (nSPS) is 10.5. The Hall–Kier alpha value is -1.09. The van der Waals surface area contributed by atoms with E-state index in [1.165, 1.54) is 0 Å². The van der Waals surface area contributed by atoms with E-state index in [1.807, 2.05) is 32.2 Å². The summed E-state index contributed by atoms with van der Waals surface area (Å²) < 4.78 is 0.956. The van der Waals surface area contributed by atoms with Crippen LogP contribution in [0, 0.1) is 0 Å². The van der Waals surface area contributed by atoms with Crippen molar-refractivity contribution in [3.05, 3.63) is 41.0 Å². The highest BCUT2D eigenvalue weighted by molar-refractivity contribution is 9.10. The number of allylic oxidation sites excluding steroid dienone is 3. The third-order valence-corrected chi connectivity index (χ3v) is 2.24. The van der Waals surface area contributed by atoms with Crippen LogP contribution in [-0.2, 0) is 0 Å². The second kappa shape index (κ2) is 4.96. The minimum Gasteiger partial charge on any atom is -0.373 e. The van der Waals surface area contributed by atoms with Gasteiger partial charge in [0.25, 0.3) is 0 Å². The molecule has 0 aliphatic rings. The standard InChI is InChI=1S/C11H13BrN2/c1-4-5-8(2)10-6-9(12)7-14-11(10)13-3/h4-7H,2H2,1,3H3,(H,13,14). The molecule has 14 heavy (non-hydrogen) atoms. The number of hydrogen-bond acceptors (Lipinski definition) is 2. The maximum atomic E-state index is 4.25. The molecule has 0 amide bonds. The Morgan fingerprint density at radius 3 is 2.93 bits per heavy atom. The lowest BCUT2D eigenvalue weighted by Crippen LogP contribution is -1.96. The van der Waals surface area contributed by atoms with Crippen molar-refractivity contribution in [2.24, 2.45) is 0 Å². The molecule has 2 nitrogen and oxygen atoms in total. The van der Waals surface area contributed by atoms with E-state index in [4.69, 9.17) is 0 Å². The van der Waals surface area contributed by atoms with Crippen molar-refractivity contribution >= 4 is 27.3 Å². The number of nitrogens with zero attached hydrogens (tertiary/aromatic N) is 1. The number of anilines is 1. The first kappa shape index (κ1) is 11.0. The highest BCUT2D eigenvalue weighted by Crippen LogP contribution is 2.24. The number of hydrogen-bond donors (Lipinski definition) is 1. The fourth-order valence-electron chi connectivity index (χ4n) is 1.17. The van der Waals surface area contributed by atoms with E-state index in [0.717, 1.165) is 21.4 Å². The van der Waals surface area contributed by atoms with Gasteiger partial charge in [0.05, 0.1) is 0 Å². The highest BCUT2D eigenvalue weighted by Gasteiger charge is 2.04. The number of nitrogens with one attached hydrogen (secondary N) is 1. The Morgan fingerprint density at radius 2 is 2.36 bits per heavy atom. The van der Waals surface area contributed by atoms with Gasteiger partial charge in [0, 0.05) is 23.3 Å². The maximum Gasteiger partial charge on any atom is 0.133 e. The summed E-state index contributed by atoms with van der Waals surface area (Å²) >= 11 is 3.39. The summed E-state index contributed by atoms with van der Waals surface area (Å²) in [6.45, 7) is 5.94. The van der Waals surface area contributed by atoms with Gasteiger partial charge in [-0.25, -0.2) is 4.98 Å². The first-order valence-corrected chi connectivity index (χ1v) is 5.13. The van der Waals surface area contributed by atoms with E-state index in [-0.39, 0.29) is 0 Å². The van der Waals surface area contributed by atoms with E-state index in [9.17, 15) is 0 Å². The summed E-state index contributed by atoms with van der Waals surface area (Å²) in [5.41, 5.74) is 1.96. The molecular formula is C11H13BrN2. The molecule has 0 fully saturated rings. The zero-order chi connectivity index (χ0) is 10.6. The van der Waals surface area contributed by atoms with E-state index < -0.39 is 0 Å². The molecule has 0 aliphatic heterocycles. The van der Waals surface area contributed by atoms with Crippen LogP contribution in [0.4, 0.5) is 5.82 Å². The summed E-state index contributed by atoms with van der Waals surface area (Å²) in [5.74, 6) is 0.844. The molecule has 1 rings (SSSR count). The predicted molar refractivity (Wildman–Crippen MR) is 65.3 cm³/mol. The second-order valence-corrected chi connectivity index (χ2v) is 3.74. The summed E-state index contributed by atoms with van der Waals surface area (Å²) in [4.78, 5) is 4.25. The van der Waals surface area contributed by atoms with Crippen LogP contribution < -0.4 is 5.32 Å².